The monoisotopic (exact) mass is 525 g/mol. The molecule has 186 valence electrons. The summed E-state index contributed by atoms with van der Waals surface area (Å²) in [7, 11) is 0. The smallest absolute Gasteiger partial charge is 0.271 e. The molecule has 1 atom stereocenters. The van der Waals surface area contributed by atoms with E-state index in [0.29, 0.717) is 17.9 Å². The van der Waals surface area contributed by atoms with E-state index >= 15 is 0 Å². The molecule has 1 unspecified atom stereocenters. The average Bonchev–Trinajstić information content (AvgIpc) is 3.56. The van der Waals surface area contributed by atoms with E-state index in [0.717, 1.165) is 32.8 Å². The van der Waals surface area contributed by atoms with Crippen molar-refractivity contribution in [1.29, 1.82) is 0 Å². The Morgan fingerprint density at radius 1 is 0.973 bits per heavy atom. The Kier molecular flexibility index (Phi) is 7.77. The van der Waals surface area contributed by atoms with Crippen LogP contribution in [0.2, 0.25) is 0 Å². The van der Waals surface area contributed by atoms with Crippen molar-refractivity contribution in [2.75, 3.05) is 0 Å². The number of rotatable bonds is 9. The number of aromatic nitrogens is 4. The van der Waals surface area contributed by atoms with Crippen molar-refractivity contribution in [3.05, 3.63) is 124 Å². The van der Waals surface area contributed by atoms with Crippen LogP contribution in [-0.4, -0.2) is 25.7 Å². The van der Waals surface area contributed by atoms with Crippen LogP contribution >= 0.6 is 23.1 Å². The van der Waals surface area contributed by atoms with Gasteiger partial charge in [0.25, 0.3) is 5.91 Å². The predicted molar refractivity (Wildman–Crippen MR) is 149 cm³/mol. The van der Waals surface area contributed by atoms with Crippen LogP contribution in [0.1, 0.15) is 51.0 Å². The quantitative estimate of drug-likeness (QED) is 0.225. The van der Waals surface area contributed by atoms with E-state index < -0.39 is 0 Å². The first-order valence-electron chi connectivity index (χ1n) is 12.1. The molecule has 6 nitrogen and oxygen atoms in total. The van der Waals surface area contributed by atoms with Gasteiger partial charge in [-0.15, -0.1) is 21.5 Å². The zero-order valence-electron chi connectivity index (χ0n) is 20.7. The first-order valence-corrected chi connectivity index (χ1v) is 13.9. The molecule has 0 bridgehead atoms. The summed E-state index contributed by atoms with van der Waals surface area (Å²) >= 11 is 3.06. The molecule has 0 radical (unpaired) electrons. The number of thiazole rings is 1. The van der Waals surface area contributed by atoms with Gasteiger partial charge in [-0.25, -0.2) is 4.98 Å². The lowest BCUT2D eigenvalue weighted by molar-refractivity contribution is 0.0935. The second kappa shape index (κ2) is 11.5. The van der Waals surface area contributed by atoms with Gasteiger partial charge < -0.3 is 5.32 Å². The molecular formula is C29H27N5OS2. The summed E-state index contributed by atoms with van der Waals surface area (Å²) in [5.41, 5.74) is 4.90. The second-order valence-corrected chi connectivity index (χ2v) is 10.6. The lowest BCUT2D eigenvalue weighted by Crippen LogP contribution is -2.26. The largest absolute Gasteiger partial charge is 0.344 e. The van der Waals surface area contributed by atoms with Gasteiger partial charge in [0.05, 0.1) is 17.5 Å². The fourth-order valence-corrected chi connectivity index (χ4v) is 5.80. The van der Waals surface area contributed by atoms with Crippen molar-refractivity contribution in [2.24, 2.45) is 0 Å². The number of hydrogen-bond acceptors (Lipinski definition) is 6. The highest BCUT2D eigenvalue weighted by atomic mass is 32.2. The second-order valence-electron chi connectivity index (χ2n) is 8.70. The van der Waals surface area contributed by atoms with E-state index in [1.54, 1.807) is 11.8 Å². The molecule has 1 N–H and O–H groups in total. The molecule has 5 rings (SSSR count). The van der Waals surface area contributed by atoms with Crippen LogP contribution in [0.4, 0.5) is 0 Å². The van der Waals surface area contributed by atoms with E-state index in [9.17, 15) is 4.79 Å². The summed E-state index contributed by atoms with van der Waals surface area (Å²) in [6.07, 6.45) is 0.684. The molecule has 2 heterocycles. The number of benzene rings is 3. The molecule has 0 aliphatic carbocycles. The third kappa shape index (κ3) is 5.98. The fourth-order valence-electron chi connectivity index (χ4n) is 4.05. The highest BCUT2D eigenvalue weighted by molar-refractivity contribution is 7.98. The topological polar surface area (TPSA) is 72.7 Å². The van der Waals surface area contributed by atoms with Crippen molar-refractivity contribution < 1.29 is 4.79 Å². The van der Waals surface area contributed by atoms with Crippen LogP contribution in [0.25, 0.3) is 5.69 Å². The maximum Gasteiger partial charge on any atom is 0.271 e. The van der Waals surface area contributed by atoms with Crippen molar-refractivity contribution in [1.82, 2.24) is 25.1 Å². The number of hydrogen-bond donors (Lipinski definition) is 1. The third-order valence-electron chi connectivity index (χ3n) is 6.02. The van der Waals surface area contributed by atoms with Crippen LogP contribution in [0.15, 0.2) is 95.5 Å². The molecule has 0 fully saturated rings. The molecule has 3 aromatic carbocycles. The van der Waals surface area contributed by atoms with Gasteiger partial charge >= 0.3 is 0 Å². The lowest BCUT2D eigenvalue weighted by atomic mass is 10.1. The molecule has 0 aliphatic rings. The number of nitrogens with zero attached hydrogens (tertiary/aromatic N) is 4. The summed E-state index contributed by atoms with van der Waals surface area (Å²) in [4.78, 5) is 17.4. The molecule has 0 saturated heterocycles. The molecule has 1 amide bonds. The van der Waals surface area contributed by atoms with Crippen LogP contribution in [0.3, 0.4) is 0 Å². The number of para-hydroxylation sites is 1. The van der Waals surface area contributed by atoms with Gasteiger partial charge in [-0.3, -0.25) is 9.36 Å². The average molecular weight is 526 g/mol. The SMILES string of the molecule is Cc1ccccc1-n1c(Cc2ccccc2)nnc1SCc1nc(C(=O)NC(C)c2ccccc2)cs1. The van der Waals surface area contributed by atoms with Gasteiger partial charge in [0.15, 0.2) is 5.16 Å². The van der Waals surface area contributed by atoms with Gasteiger partial charge in [0.1, 0.15) is 16.5 Å². The summed E-state index contributed by atoms with van der Waals surface area (Å²) in [6.45, 7) is 4.07. The van der Waals surface area contributed by atoms with Gasteiger partial charge in [-0.1, -0.05) is 90.6 Å². The highest BCUT2D eigenvalue weighted by Crippen LogP contribution is 2.29. The van der Waals surface area contributed by atoms with Crippen molar-refractivity contribution in [2.45, 2.75) is 37.2 Å². The Balaban J connectivity index is 1.32. The van der Waals surface area contributed by atoms with Crippen LogP contribution < -0.4 is 5.32 Å². The summed E-state index contributed by atoms with van der Waals surface area (Å²) in [5, 5.41) is 15.6. The van der Waals surface area contributed by atoms with Crippen molar-refractivity contribution in [3.8, 4) is 5.69 Å². The molecule has 0 aliphatic heterocycles. The fraction of sp³-hybridized carbons (Fsp3) is 0.172. The van der Waals surface area contributed by atoms with Gasteiger partial charge in [-0.05, 0) is 36.6 Å². The standard InChI is InChI=1S/C29H27N5OS2/c1-20-11-9-10-16-25(20)34-26(17-22-12-5-3-6-13-22)32-33-29(34)37-19-27-31-24(18-36-27)28(35)30-21(2)23-14-7-4-8-15-23/h3-16,18,21H,17,19H2,1-2H3,(H,30,35). The normalized spacial score (nSPS) is 11.8. The number of nitrogens with one attached hydrogen (secondary N) is 1. The summed E-state index contributed by atoms with van der Waals surface area (Å²) in [5.74, 6) is 1.32. The van der Waals surface area contributed by atoms with Gasteiger partial charge in [-0.2, -0.15) is 0 Å². The summed E-state index contributed by atoms with van der Waals surface area (Å²) < 4.78 is 2.13. The first-order chi connectivity index (χ1) is 18.1. The number of carbonyl (C=O) groups is 1. The number of thioether (sulfide) groups is 1. The summed E-state index contributed by atoms with van der Waals surface area (Å²) in [6, 6.07) is 28.4. The van der Waals surface area contributed by atoms with Crippen LogP contribution in [0, 0.1) is 6.92 Å². The van der Waals surface area contributed by atoms with Crippen LogP contribution in [0.5, 0.6) is 0 Å². The minimum atomic E-state index is -0.169. The first kappa shape index (κ1) is 24.9. The van der Waals surface area contributed by atoms with Crippen molar-refractivity contribution in [3.63, 3.8) is 0 Å². The Morgan fingerprint density at radius 3 is 2.43 bits per heavy atom. The number of carbonyl (C=O) groups excluding carboxylic acids is 1. The Hall–Kier alpha value is -3.75. The molecule has 2 aromatic heterocycles. The maximum atomic E-state index is 12.8. The Bertz CT molecular complexity index is 1480. The Morgan fingerprint density at radius 2 is 1.68 bits per heavy atom. The predicted octanol–water partition coefficient (Wildman–Crippen LogP) is 6.41. The van der Waals surface area contributed by atoms with E-state index in [1.165, 1.54) is 16.9 Å². The van der Waals surface area contributed by atoms with E-state index in [-0.39, 0.29) is 11.9 Å². The van der Waals surface area contributed by atoms with Crippen LogP contribution in [-0.2, 0) is 12.2 Å². The van der Waals surface area contributed by atoms with Crippen molar-refractivity contribution >= 4 is 29.0 Å². The molecule has 37 heavy (non-hydrogen) atoms. The Labute approximate surface area is 224 Å². The zero-order valence-corrected chi connectivity index (χ0v) is 22.3. The van der Waals surface area contributed by atoms with E-state index in [2.05, 4.69) is 56.3 Å². The molecular weight excluding hydrogens is 498 g/mol. The maximum absolute atomic E-state index is 12.8. The highest BCUT2D eigenvalue weighted by Gasteiger charge is 2.18. The third-order valence-corrected chi connectivity index (χ3v) is 7.99. The van der Waals surface area contributed by atoms with Gasteiger partial charge in [0, 0.05) is 11.8 Å². The molecule has 8 heteroatoms. The lowest BCUT2D eigenvalue weighted by Gasteiger charge is -2.13. The molecule has 0 spiro atoms. The number of amides is 1. The van der Waals surface area contributed by atoms with E-state index in [1.807, 2.05) is 73.0 Å². The number of aryl methyl sites for hydroxylation is 1. The minimum Gasteiger partial charge on any atom is -0.344 e. The molecule has 0 saturated carbocycles. The van der Waals surface area contributed by atoms with E-state index in [4.69, 9.17) is 0 Å². The molecule has 5 aromatic rings. The minimum absolute atomic E-state index is 0.0936. The zero-order chi connectivity index (χ0) is 25.6. The van der Waals surface area contributed by atoms with Gasteiger partial charge in [0.2, 0.25) is 0 Å².